The molecule has 0 aromatic carbocycles. The molecule has 6 heteroatoms. The lowest BCUT2D eigenvalue weighted by Crippen LogP contribution is -2.12. The second-order valence-corrected chi connectivity index (χ2v) is 4.21. The van der Waals surface area contributed by atoms with Gasteiger partial charge in [-0.05, 0) is 25.3 Å². The van der Waals surface area contributed by atoms with Gasteiger partial charge < -0.3 is 10.2 Å². The fourth-order valence-electron chi connectivity index (χ4n) is 1.49. The van der Waals surface area contributed by atoms with Crippen LogP contribution in [0.25, 0.3) is 10.2 Å². The van der Waals surface area contributed by atoms with Crippen molar-refractivity contribution in [2.75, 3.05) is 12.0 Å². The molecule has 0 amide bonds. The lowest BCUT2D eigenvalue weighted by Gasteiger charge is -2.11. The number of nitrogens with zero attached hydrogens (tertiary/aromatic N) is 2. The lowest BCUT2D eigenvalue weighted by atomic mass is 10.3. The molecular weight excluding hydrogens is 224 g/mol. The highest BCUT2D eigenvalue weighted by atomic mass is 32.1. The SMILES string of the molecule is CCOC(C)c1nc(NN)c2ccsc2n1. The summed E-state index contributed by atoms with van der Waals surface area (Å²) in [6, 6.07) is 1.95. The zero-order valence-electron chi connectivity index (χ0n) is 9.23. The normalized spacial score (nSPS) is 12.9. The van der Waals surface area contributed by atoms with E-state index in [-0.39, 0.29) is 6.10 Å². The van der Waals surface area contributed by atoms with Gasteiger partial charge >= 0.3 is 0 Å². The summed E-state index contributed by atoms with van der Waals surface area (Å²) < 4.78 is 5.46. The molecule has 16 heavy (non-hydrogen) atoms. The van der Waals surface area contributed by atoms with Crippen molar-refractivity contribution in [1.82, 2.24) is 9.97 Å². The van der Waals surface area contributed by atoms with Gasteiger partial charge in [0, 0.05) is 6.61 Å². The molecule has 1 atom stereocenters. The maximum atomic E-state index is 5.46. The first-order valence-electron chi connectivity index (χ1n) is 5.09. The zero-order valence-corrected chi connectivity index (χ0v) is 10.0. The summed E-state index contributed by atoms with van der Waals surface area (Å²) in [5, 5.41) is 2.91. The van der Waals surface area contributed by atoms with Crippen LogP contribution < -0.4 is 11.3 Å². The molecule has 0 bridgehead atoms. The van der Waals surface area contributed by atoms with E-state index in [9.17, 15) is 0 Å². The minimum Gasteiger partial charge on any atom is -0.371 e. The van der Waals surface area contributed by atoms with Crippen molar-refractivity contribution in [3.63, 3.8) is 0 Å². The number of nitrogens with two attached hydrogens (primary N) is 1. The Morgan fingerprint density at radius 3 is 3.06 bits per heavy atom. The van der Waals surface area contributed by atoms with E-state index in [1.165, 1.54) is 0 Å². The number of hydrogen-bond donors (Lipinski definition) is 2. The number of nitrogen functional groups attached to an aromatic ring is 1. The van der Waals surface area contributed by atoms with Gasteiger partial charge in [0.25, 0.3) is 0 Å². The molecule has 2 aromatic heterocycles. The first-order valence-corrected chi connectivity index (χ1v) is 5.97. The third-order valence-electron chi connectivity index (χ3n) is 2.26. The average Bonchev–Trinajstić information content (AvgIpc) is 2.75. The van der Waals surface area contributed by atoms with E-state index in [2.05, 4.69) is 15.4 Å². The fourth-order valence-corrected chi connectivity index (χ4v) is 2.26. The molecule has 0 spiro atoms. The summed E-state index contributed by atoms with van der Waals surface area (Å²) in [4.78, 5) is 9.71. The van der Waals surface area contributed by atoms with Gasteiger partial charge in [0.1, 0.15) is 10.9 Å². The van der Waals surface area contributed by atoms with Crippen LogP contribution in [0, 0.1) is 0 Å². The van der Waals surface area contributed by atoms with Crippen LogP contribution in [-0.2, 0) is 4.74 Å². The largest absolute Gasteiger partial charge is 0.371 e. The molecule has 0 saturated carbocycles. The summed E-state index contributed by atoms with van der Waals surface area (Å²) in [6.45, 7) is 4.51. The predicted octanol–water partition coefficient (Wildman–Crippen LogP) is 2.07. The van der Waals surface area contributed by atoms with Gasteiger partial charge in [-0.3, -0.25) is 0 Å². The molecule has 2 heterocycles. The number of fused-ring (bicyclic) bond motifs is 1. The highest BCUT2D eigenvalue weighted by Gasteiger charge is 2.13. The summed E-state index contributed by atoms with van der Waals surface area (Å²) in [7, 11) is 0. The second-order valence-electron chi connectivity index (χ2n) is 3.31. The number of hydrogen-bond acceptors (Lipinski definition) is 6. The predicted molar refractivity (Wildman–Crippen MR) is 65.3 cm³/mol. The van der Waals surface area contributed by atoms with Gasteiger partial charge in [0.15, 0.2) is 11.6 Å². The molecule has 0 radical (unpaired) electrons. The molecule has 0 aliphatic rings. The second kappa shape index (κ2) is 4.73. The van der Waals surface area contributed by atoms with E-state index in [1.54, 1.807) is 11.3 Å². The fraction of sp³-hybridized carbons (Fsp3) is 0.400. The van der Waals surface area contributed by atoms with Crippen molar-refractivity contribution in [3.8, 4) is 0 Å². The first kappa shape index (κ1) is 11.3. The molecule has 2 rings (SSSR count). The smallest absolute Gasteiger partial charge is 0.160 e. The molecule has 3 N–H and O–H groups in total. The molecular formula is C10H14N4OS. The van der Waals surface area contributed by atoms with Gasteiger partial charge in [-0.25, -0.2) is 15.8 Å². The Labute approximate surface area is 97.6 Å². The van der Waals surface area contributed by atoms with Crippen molar-refractivity contribution in [3.05, 3.63) is 17.3 Å². The molecule has 0 aliphatic heterocycles. The van der Waals surface area contributed by atoms with Gasteiger partial charge in [-0.15, -0.1) is 11.3 Å². The van der Waals surface area contributed by atoms with E-state index in [1.807, 2.05) is 25.3 Å². The Kier molecular flexibility index (Phi) is 3.33. The number of anilines is 1. The van der Waals surface area contributed by atoms with E-state index >= 15 is 0 Å². The standard InChI is InChI=1S/C10H14N4OS/c1-3-15-6(2)8-12-9(14-11)7-4-5-16-10(7)13-8/h4-6H,3,11H2,1-2H3,(H,12,13,14). The number of nitrogens with one attached hydrogen (secondary N) is 1. The van der Waals surface area contributed by atoms with Crippen molar-refractivity contribution in [2.24, 2.45) is 5.84 Å². The summed E-state index contributed by atoms with van der Waals surface area (Å²) in [5.41, 5.74) is 2.59. The Bertz CT molecular complexity index is 485. The van der Waals surface area contributed by atoms with Gasteiger partial charge in [-0.1, -0.05) is 0 Å². The van der Waals surface area contributed by atoms with E-state index < -0.39 is 0 Å². The van der Waals surface area contributed by atoms with Crippen molar-refractivity contribution in [2.45, 2.75) is 20.0 Å². The van der Waals surface area contributed by atoms with Crippen LogP contribution in [-0.4, -0.2) is 16.6 Å². The van der Waals surface area contributed by atoms with Crippen molar-refractivity contribution >= 4 is 27.4 Å². The number of thiophene rings is 1. The van der Waals surface area contributed by atoms with Crippen LogP contribution in [0.3, 0.4) is 0 Å². The molecule has 0 fully saturated rings. The molecule has 0 saturated heterocycles. The first-order chi connectivity index (χ1) is 7.76. The molecule has 2 aromatic rings. The Hall–Kier alpha value is -1.24. The van der Waals surface area contributed by atoms with E-state index in [0.29, 0.717) is 18.2 Å². The Morgan fingerprint density at radius 1 is 1.56 bits per heavy atom. The monoisotopic (exact) mass is 238 g/mol. The van der Waals surface area contributed by atoms with Crippen LogP contribution in [0.1, 0.15) is 25.8 Å². The number of ether oxygens (including phenoxy) is 1. The minimum absolute atomic E-state index is 0.122. The minimum atomic E-state index is -0.122. The number of rotatable bonds is 4. The summed E-state index contributed by atoms with van der Waals surface area (Å²) >= 11 is 1.56. The van der Waals surface area contributed by atoms with Crippen LogP contribution in [0.15, 0.2) is 11.4 Å². The summed E-state index contributed by atoms with van der Waals surface area (Å²) in [5.74, 6) is 6.74. The van der Waals surface area contributed by atoms with Crippen LogP contribution >= 0.6 is 11.3 Å². The van der Waals surface area contributed by atoms with Gasteiger partial charge in [0.2, 0.25) is 0 Å². The van der Waals surface area contributed by atoms with Crippen molar-refractivity contribution in [1.29, 1.82) is 0 Å². The highest BCUT2D eigenvalue weighted by Crippen LogP contribution is 2.26. The van der Waals surface area contributed by atoms with E-state index in [0.717, 1.165) is 10.2 Å². The lowest BCUT2D eigenvalue weighted by molar-refractivity contribution is 0.0704. The maximum Gasteiger partial charge on any atom is 0.160 e. The van der Waals surface area contributed by atoms with Crippen LogP contribution in [0.5, 0.6) is 0 Å². The molecule has 86 valence electrons. The van der Waals surface area contributed by atoms with Crippen molar-refractivity contribution < 1.29 is 4.74 Å². The quantitative estimate of drug-likeness (QED) is 0.630. The zero-order chi connectivity index (χ0) is 11.5. The molecule has 5 nitrogen and oxygen atoms in total. The number of hydrazine groups is 1. The topological polar surface area (TPSA) is 73.1 Å². The van der Waals surface area contributed by atoms with E-state index in [4.69, 9.17) is 10.6 Å². The molecule has 1 unspecified atom stereocenters. The third kappa shape index (κ3) is 1.99. The van der Waals surface area contributed by atoms with Gasteiger partial charge in [-0.2, -0.15) is 0 Å². The Morgan fingerprint density at radius 2 is 2.38 bits per heavy atom. The maximum absolute atomic E-state index is 5.46. The van der Waals surface area contributed by atoms with Crippen LogP contribution in [0.2, 0.25) is 0 Å². The molecule has 0 aliphatic carbocycles. The Balaban J connectivity index is 2.46. The third-order valence-corrected chi connectivity index (χ3v) is 3.07. The van der Waals surface area contributed by atoms with Crippen LogP contribution in [0.4, 0.5) is 5.82 Å². The van der Waals surface area contributed by atoms with Gasteiger partial charge in [0.05, 0.1) is 5.39 Å². The number of aromatic nitrogens is 2. The average molecular weight is 238 g/mol. The highest BCUT2D eigenvalue weighted by molar-refractivity contribution is 7.16. The summed E-state index contributed by atoms with van der Waals surface area (Å²) in [6.07, 6.45) is -0.122.